The molecule has 0 aliphatic carbocycles. The summed E-state index contributed by atoms with van der Waals surface area (Å²) in [5, 5.41) is 15.5. The van der Waals surface area contributed by atoms with Crippen molar-refractivity contribution in [1.82, 2.24) is 21.4 Å². The molecule has 0 aliphatic heterocycles. The summed E-state index contributed by atoms with van der Waals surface area (Å²) in [6.07, 6.45) is -3.26. The number of nitrogens with two attached hydrogens (primary N) is 1. The standard InChI is InChI=1S/C26H25F2N5O5/c1-16(34)32-26(2,24(27)28)21(23(36)33-38)31-22(35)20-13-11-18(12-14-20)6-4-3-5-17-7-9-19(10-8-17)15-30-25(29)37/h7-14,21,24,38H,15H2,1-2H3,(H,31,35)(H,32,34)(H,33,36)(H3,29,30,37). The van der Waals surface area contributed by atoms with Crippen LogP contribution in [0.5, 0.6) is 0 Å². The molecule has 2 aromatic rings. The third-order valence-corrected chi connectivity index (χ3v) is 5.19. The number of halogens is 2. The van der Waals surface area contributed by atoms with Crippen molar-refractivity contribution < 1.29 is 33.2 Å². The minimum absolute atomic E-state index is 0.0164. The molecule has 2 unspecified atom stereocenters. The first-order valence-electron chi connectivity index (χ1n) is 11.0. The van der Waals surface area contributed by atoms with Crippen molar-refractivity contribution >= 4 is 23.8 Å². The van der Waals surface area contributed by atoms with E-state index in [-0.39, 0.29) is 5.56 Å². The van der Waals surface area contributed by atoms with Crippen molar-refractivity contribution in [2.24, 2.45) is 5.73 Å². The van der Waals surface area contributed by atoms with Crippen molar-refractivity contribution in [3.05, 3.63) is 70.8 Å². The van der Waals surface area contributed by atoms with Gasteiger partial charge in [0.1, 0.15) is 11.6 Å². The van der Waals surface area contributed by atoms with Gasteiger partial charge in [-0.2, -0.15) is 0 Å². The van der Waals surface area contributed by atoms with Crippen LogP contribution in [0.15, 0.2) is 48.5 Å². The summed E-state index contributed by atoms with van der Waals surface area (Å²) in [5.41, 5.74) is 5.83. The second-order valence-electron chi connectivity index (χ2n) is 8.14. The van der Waals surface area contributed by atoms with Gasteiger partial charge in [0.05, 0.1) is 0 Å². The van der Waals surface area contributed by atoms with Gasteiger partial charge in [0.25, 0.3) is 18.2 Å². The number of alkyl halides is 2. The zero-order valence-electron chi connectivity index (χ0n) is 20.4. The largest absolute Gasteiger partial charge is 0.352 e. The normalized spacial score (nSPS) is 12.4. The lowest BCUT2D eigenvalue weighted by atomic mass is 9.91. The van der Waals surface area contributed by atoms with E-state index in [0.29, 0.717) is 17.7 Å². The number of carbonyl (C=O) groups excluding carboxylic acids is 4. The van der Waals surface area contributed by atoms with E-state index in [1.807, 2.05) is 5.32 Å². The van der Waals surface area contributed by atoms with Crippen molar-refractivity contribution in [1.29, 1.82) is 0 Å². The van der Waals surface area contributed by atoms with Gasteiger partial charge in [-0.15, -0.1) is 0 Å². The first-order valence-corrected chi connectivity index (χ1v) is 11.0. The van der Waals surface area contributed by atoms with Crippen LogP contribution in [-0.2, 0) is 16.1 Å². The minimum Gasteiger partial charge on any atom is -0.352 e. The van der Waals surface area contributed by atoms with Crippen molar-refractivity contribution in [3.63, 3.8) is 0 Å². The molecular formula is C26H25F2N5O5. The molecular weight excluding hydrogens is 500 g/mol. The Morgan fingerprint density at radius 3 is 1.95 bits per heavy atom. The minimum atomic E-state index is -3.26. The van der Waals surface area contributed by atoms with E-state index < -0.39 is 41.8 Å². The Bertz CT molecular complexity index is 1310. The summed E-state index contributed by atoms with van der Waals surface area (Å²) in [5.74, 6) is 7.91. The molecule has 0 radical (unpaired) electrons. The highest BCUT2D eigenvalue weighted by molar-refractivity contribution is 5.98. The van der Waals surface area contributed by atoms with Gasteiger partial charge in [0, 0.05) is 30.2 Å². The molecule has 38 heavy (non-hydrogen) atoms. The maximum Gasteiger partial charge on any atom is 0.312 e. The number of hydrogen-bond acceptors (Lipinski definition) is 5. The zero-order valence-corrected chi connectivity index (χ0v) is 20.4. The van der Waals surface area contributed by atoms with E-state index in [4.69, 9.17) is 10.9 Å². The number of rotatable bonds is 8. The van der Waals surface area contributed by atoms with Crippen molar-refractivity contribution in [3.8, 4) is 23.7 Å². The lowest BCUT2D eigenvalue weighted by Crippen LogP contribution is -2.68. The van der Waals surface area contributed by atoms with Gasteiger partial charge in [-0.3, -0.25) is 19.6 Å². The number of hydrogen-bond donors (Lipinski definition) is 6. The van der Waals surface area contributed by atoms with Crippen LogP contribution in [-0.4, -0.2) is 47.0 Å². The summed E-state index contributed by atoms with van der Waals surface area (Å²) in [4.78, 5) is 46.9. The number of benzene rings is 2. The molecule has 2 atom stereocenters. The number of carbonyl (C=O) groups is 4. The predicted molar refractivity (Wildman–Crippen MR) is 132 cm³/mol. The van der Waals surface area contributed by atoms with E-state index in [2.05, 4.69) is 34.3 Å². The first kappa shape index (κ1) is 29.3. The van der Waals surface area contributed by atoms with Crippen LogP contribution in [0.1, 0.15) is 40.9 Å². The third kappa shape index (κ3) is 8.33. The van der Waals surface area contributed by atoms with Gasteiger partial charge in [-0.1, -0.05) is 24.0 Å². The Balaban J connectivity index is 2.10. The summed E-state index contributed by atoms with van der Waals surface area (Å²) in [6, 6.07) is 10.2. The Hall–Kier alpha value is -4.94. The van der Waals surface area contributed by atoms with Gasteiger partial charge in [-0.05, 0) is 60.7 Å². The third-order valence-electron chi connectivity index (χ3n) is 5.19. The molecule has 5 amide bonds. The van der Waals surface area contributed by atoms with Crippen LogP contribution in [0.3, 0.4) is 0 Å². The molecule has 2 rings (SSSR count). The lowest BCUT2D eigenvalue weighted by Gasteiger charge is -2.36. The molecule has 0 aromatic heterocycles. The fourth-order valence-electron chi connectivity index (χ4n) is 3.21. The molecule has 0 heterocycles. The highest BCUT2D eigenvalue weighted by atomic mass is 19.3. The second-order valence-corrected chi connectivity index (χ2v) is 8.14. The van der Waals surface area contributed by atoms with Crippen molar-refractivity contribution in [2.75, 3.05) is 0 Å². The van der Waals surface area contributed by atoms with Crippen LogP contribution in [0.25, 0.3) is 0 Å². The van der Waals surface area contributed by atoms with Gasteiger partial charge in [0.2, 0.25) is 5.91 Å². The molecule has 198 valence electrons. The summed E-state index contributed by atoms with van der Waals surface area (Å²) in [6.45, 7) is 2.14. The molecule has 0 bridgehead atoms. The van der Waals surface area contributed by atoms with Crippen LogP contribution in [0.4, 0.5) is 13.6 Å². The summed E-state index contributed by atoms with van der Waals surface area (Å²) < 4.78 is 27.5. The van der Waals surface area contributed by atoms with E-state index >= 15 is 0 Å². The summed E-state index contributed by atoms with van der Waals surface area (Å²) >= 11 is 0. The molecule has 7 N–H and O–H groups in total. The molecule has 0 spiro atoms. The Morgan fingerprint density at radius 2 is 1.50 bits per heavy atom. The Morgan fingerprint density at radius 1 is 0.974 bits per heavy atom. The smallest absolute Gasteiger partial charge is 0.312 e. The van der Waals surface area contributed by atoms with Crippen LogP contribution < -0.4 is 27.2 Å². The monoisotopic (exact) mass is 525 g/mol. The van der Waals surface area contributed by atoms with Gasteiger partial charge < -0.3 is 21.7 Å². The predicted octanol–water partition coefficient (Wildman–Crippen LogP) is 1.02. The lowest BCUT2D eigenvalue weighted by molar-refractivity contribution is -0.137. The van der Waals surface area contributed by atoms with E-state index in [1.165, 1.54) is 29.7 Å². The van der Waals surface area contributed by atoms with Gasteiger partial charge in [-0.25, -0.2) is 19.1 Å². The average molecular weight is 526 g/mol. The maximum absolute atomic E-state index is 13.8. The average Bonchev–Trinajstić information content (AvgIpc) is 2.88. The highest BCUT2D eigenvalue weighted by Gasteiger charge is 2.48. The van der Waals surface area contributed by atoms with Crippen LogP contribution in [0, 0.1) is 23.7 Å². The number of nitrogens with one attached hydrogen (secondary N) is 4. The molecule has 0 fully saturated rings. The number of amides is 5. The zero-order chi connectivity index (χ0) is 28.3. The highest BCUT2D eigenvalue weighted by Crippen LogP contribution is 2.21. The number of urea groups is 1. The van der Waals surface area contributed by atoms with E-state index in [1.54, 1.807) is 24.3 Å². The second kappa shape index (κ2) is 13.4. The Kier molecular flexibility index (Phi) is 10.3. The van der Waals surface area contributed by atoms with Crippen molar-refractivity contribution in [2.45, 2.75) is 38.4 Å². The topological polar surface area (TPSA) is 163 Å². The molecule has 12 heteroatoms. The van der Waals surface area contributed by atoms with Crippen LogP contribution >= 0.6 is 0 Å². The maximum atomic E-state index is 13.8. The fraction of sp³-hybridized carbons (Fsp3) is 0.231. The molecule has 10 nitrogen and oxygen atoms in total. The van der Waals surface area contributed by atoms with Gasteiger partial charge in [0.15, 0.2) is 0 Å². The Labute approximate surface area is 217 Å². The van der Waals surface area contributed by atoms with E-state index in [9.17, 15) is 28.0 Å². The fourth-order valence-corrected chi connectivity index (χ4v) is 3.21. The molecule has 0 saturated heterocycles. The quantitative estimate of drug-likeness (QED) is 0.172. The number of primary amides is 1. The molecule has 0 saturated carbocycles. The van der Waals surface area contributed by atoms with E-state index in [0.717, 1.165) is 19.4 Å². The first-order chi connectivity index (χ1) is 18.0. The summed E-state index contributed by atoms with van der Waals surface area (Å²) in [7, 11) is 0. The number of hydroxylamine groups is 1. The molecule has 0 aliphatic rings. The SMILES string of the molecule is CC(=O)NC(C)(C(F)F)C(NC(=O)c1ccc(C#CC#Cc2ccc(CNC(N)=O)cc2)cc1)C(=O)NO. The molecule has 2 aromatic carbocycles. The van der Waals surface area contributed by atoms with Gasteiger partial charge >= 0.3 is 6.03 Å². The van der Waals surface area contributed by atoms with Crippen LogP contribution in [0.2, 0.25) is 0 Å².